The van der Waals surface area contributed by atoms with Crippen LogP contribution >= 0.6 is 11.6 Å². The van der Waals surface area contributed by atoms with Gasteiger partial charge in [0.1, 0.15) is 5.82 Å². The zero-order valence-corrected chi connectivity index (χ0v) is 9.39. The quantitative estimate of drug-likeness (QED) is 0.834. The number of hydrogen-bond donors (Lipinski definition) is 2. The minimum Gasteiger partial charge on any atom is -0.390 e. The lowest BCUT2D eigenvalue weighted by Gasteiger charge is -2.23. The van der Waals surface area contributed by atoms with E-state index in [0.717, 1.165) is 5.56 Å². The first-order chi connectivity index (χ1) is 6.94. The van der Waals surface area contributed by atoms with Gasteiger partial charge in [-0.15, -0.1) is 0 Å². The Morgan fingerprint density at radius 1 is 1.53 bits per heavy atom. The Hall–Kier alpha value is -0.640. The second-order valence-corrected chi connectivity index (χ2v) is 4.36. The summed E-state index contributed by atoms with van der Waals surface area (Å²) in [6.07, 6.45) is 0.865. The minimum absolute atomic E-state index is 0.340. The van der Waals surface area contributed by atoms with Crippen LogP contribution in [-0.4, -0.2) is 17.3 Å². The van der Waals surface area contributed by atoms with Gasteiger partial charge < -0.3 is 10.8 Å². The lowest BCUT2D eigenvalue weighted by Crippen LogP contribution is -2.30. The summed E-state index contributed by atoms with van der Waals surface area (Å²) in [4.78, 5) is 0. The molecule has 1 atom stereocenters. The largest absolute Gasteiger partial charge is 0.390 e. The second-order valence-electron chi connectivity index (χ2n) is 3.95. The molecule has 0 aliphatic heterocycles. The van der Waals surface area contributed by atoms with E-state index in [4.69, 9.17) is 17.3 Å². The van der Waals surface area contributed by atoms with Crippen molar-refractivity contribution in [1.29, 1.82) is 0 Å². The van der Waals surface area contributed by atoms with Crippen LogP contribution in [0.2, 0.25) is 5.02 Å². The van der Waals surface area contributed by atoms with E-state index in [1.54, 1.807) is 13.0 Å². The standard InChI is InChI=1S/C11H15ClFNO/c1-11(15,4-5-14)7-8-2-3-9(13)6-10(8)12/h2-3,6,15H,4-5,7,14H2,1H3. The van der Waals surface area contributed by atoms with E-state index in [-0.39, 0.29) is 5.82 Å². The molecule has 0 amide bonds. The van der Waals surface area contributed by atoms with Gasteiger partial charge in [0.05, 0.1) is 5.60 Å². The van der Waals surface area contributed by atoms with E-state index in [1.165, 1.54) is 12.1 Å². The zero-order chi connectivity index (χ0) is 11.5. The van der Waals surface area contributed by atoms with Gasteiger partial charge in [-0.25, -0.2) is 4.39 Å². The van der Waals surface area contributed by atoms with E-state index in [1.807, 2.05) is 0 Å². The Bertz CT molecular complexity index is 341. The third-order valence-corrected chi connectivity index (χ3v) is 2.62. The number of halogens is 2. The molecule has 0 spiro atoms. The van der Waals surface area contributed by atoms with Crippen LogP contribution in [0, 0.1) is 5.82 Å². The molecule has 2 nitrogen and oxygen atoms in total. The van der Waals surface area contributed by atoms with Crippen LogP contribution < -0.4 is 5.73 Å². The van der Waals surface area contributed by atoms with Crippen LogP contribution in [0.1, 0.15) is 18.9 Å². The molecule has 1 rings (SSSR count). The van der Waals surface area contributed by atoms with Gasteiger partial charge in [-0.1, -0.05) is 17.7 Å². The smallest absolute Gasteiger partial charge is 0.124 e. The third kappa shape index (κ3) is 3.78. The van der Waals surface area contributed by atoms with Crippen molar-refractivity contribution >= 4 is 11.6 Å². The summed E-state index contributed by atoms with van der Waals surface area (Å²) in [5.74, 6) is -0.373. The number of nitrogens with two attached hydrogens (primary N) is 1. The number of aliphatic hydroxyl groups is 1. The fourth-order valence-corrected chi connectivity index (χ4v) is 1.71. The number of benzene rings is 1. The average molecular weight is 232 g/mol. The predicted octanol–water partition coefficient (Wildman–Crippen LogP) is 2.12. The highest BCUT2D eigenvalue weighted by Crippen LogP contribution is 2.23. The van der Waals surface area contributed by atoms with Crippen LogP contribution in [0.5, 0.6) is 0 Å². The van der Waals surface area contributed by atoms with Crippen LogP contribution in [-0.2, 0) is 6.42 Å². The molecular formula is C11H15ClFNO. The second kappa shape index (κ2) is 4.92. The molecule has 15 heavy (non-hydrogen) atoms. The van der Waals surface area contributed by atoms with Crippen LogP contribution in [0.4, 0.5) is 4.39 Å². The topological polar surface area (TPSA) is 46.2 Å². The van der Waals surface area contributed by atoms with Crippen LogP contribution in [0.25, 0.3) is 0 Å². The van der Waals surface area contributed by atoms with Crippen molar-refractivity contribution in [1.82, 2.24) is 0 Å². The summed E-state index contributed by atoms with van der Waals surface area (Å²) < 4.78 is 12.8. The molecule has 0 aliphatic rings. The van der Waals surface area contributed by atoms with Gasteiger partial charge >= 0.3 is 0 Å². The van der Waals surface area contributed by atoms with Crippen molar-refractivity contribution in [2.75, 3.05) is 6.54 Å². The minimum atomic E-state index is -0.893. The average Bonchev–Trinajstić information content (AvgIpc) is 2.09. The highest BCUT2D eigenvalue weighted by molar-refractivity contribution is 6.31. The van der Waals surface area contributed by atoms with Crippen molar-refractivity contribution < 1.29 is 9.50 Å². The third-order valence-electron chi connectivity index (χ3n) is 2.27. The molecule has 3 N–H and O–H groups in total. The van der Waals surface area contributed by atoms with Gasteiger partial charge in [0.2, 0.25) is 0 Å². The van der Waals surface area contributed by atoms with E-state index in [2.05, 4.69) is 0 Å². The summed E-state index contributed by atoms with van der Waals surface area (Å²) in [7, 11) is 0. The Labute approximate surface area is 93.9 Å². The van der Waals surface area contributed by atoms with Crippen LogP contribution in [0.3, 0.4) is 0 Å². The SMILES string of the molecule is CC(O)(CCN)Cc1ccc(F)cc1Cl. The maximum atomic E-state index is 12.8. The van der Waals surface area contributed by atoms with Gasteiger partial charge in [-0.2, -0.15) is 0 Å². The monoisotopic (exact) mass is 231 g/mol. The van der Waals surface area contributed by atoms with Crippen molar-refractivity contribution in [2.24, 2.45) is 5.73 Å². The molecule has 0 aliphatic carbocycles. The van der Waals surface area contributed by atoms with Crippen molar-refractivity contribution in [3.63, 3.8) is 0 Å². The first-order valence-electron chi connectivity index (χ1n) is 4.81. The molecule has 0 aromatic heterocycles. The van der Waals surface area contributed by atoms with Gasteiger partial charge in [0, 0.05) is 11.4 Å². The maximum absolute atomic E-state index is 12.8. The van der Waals surface area contributed by atoms with Crippen molar-refractivity contribution in [3.05, 3.63) is 34.6 Å². The molecule has 0 saturated heterocycles. The van der Waals surface area contributed by atoms with Crippen molar-refractivity contribution in [3.8, 4) is 0 Å². The van der Waals surface area contributed by atoms with E-state index >= 15 is 0 Å². The molecule has 0 saturated carbocycles. The molecule has 4 heteroatoms. The first-order valence-corrected chi connectivity index (χ1v) is 5.19. The molecule has 1 unspecified atom stereocenters. The van der Waals surface area contributed by atoms with Gasteiger partial charge in [0.15, 0.2) is 0 Å². The van der Waals surface area contributed by atoms with Gasteiger partial charge in [-0.3, -0.25) is 0 Å². The lowest BCUT2D eigenvalue weighted by molar-refractivity contribution is 0.0539. The fourth-order valence-electron chi connectivity index (χ4n) is 1.47. The van der Waals surface area contributed by atoms with E-state index in [0.29, 0.717) is 24.4 Å². The summed E-state index contributed by atoms with van der Waals surface area (Å²) in [5.41, 5.74) is 5.22. The maximum Gasteiger partial charge on any atom is 0.124 e. The number of rotatable bonds is 4. The van der Waals surface area contributed by atoms with Gasteiger partial charge in [0.25, 0.3) is 0 Å². The van der Waals surface area contributed by atoms with E-state index < -0.39 is 5.60 Å². The number of hydrogen-bond acceptors (Lipinski definition) is 2. The summed E-state index contributed by atoms with van der Waals surface area (Å²) in [6.45, 7) is 2.10. The molecule has 0 bridgehead atoms. The summed E-state index contributed by atoms with van der Waals surface area (Å²) in [6, 6.07) is 4.16. The molecule has 0 radical (unpaired) electrons. The Morgan fingerprint density at radius 3 is 2.73 bits per heavy atom. The molecule has 84 valence electrons. The molecular weight excluding hydrogens is 217 g/mol. The summed E-state index contributed by atoms with van der Waals surface area (Å²) in [5, 5.41) is 10.3. The zero-order valence-electron chi connectivity index (χ0n) is 8.63. The highest BCUT2D eigenvalue weighted by atomic mass is 35.5. The normalized spacial score (nSPS) is 15.0. The Morgan fingerprint density at radius 2 is 2.20 bits per heavy atom. The molecule has 1 aromatic carbocycles. The van der Waals surface area contributed by atoms with Crippen LogP contribution in [0.15, 0.2) is 18.2 Å². The molecule has 1 aromatic rings. The first kappa shape index (κ1) is 12.4. The Kier molecular flexibility index (Phi) is 4.08. The van der Waals surface area contributed by atoms with Crippen molar-refractivity contribution in [2.45, 2.75) is 25.4 Å². The fraction of sp³-hybridized carbons (Fsp3) is 0.455. The highest BCUT2D eigenvalue weighted by Gasteiger charge is 2.21. The lowest BCUT2D eigenvalue weighted by atomic mass is 9.93. The van der Waals surface area contributed by atoms with Gasteiger partial charge in [-0.05, 0) is 37.6 Å². The van der Waals surface area contributed by atoms with E-state index in [9.17, 15) is 9.50 Å². The molecule has 0 fully saturated rings. The molecule has 0 heterocycles. The Balaban J connectivity index is 2.80. The predicted molar refractivity (Wildman–Crippen MR) is 59.4 cm³/mol. The summed E-state index contributed by atoms with van der Waals surface area (Å²) >= 11 is 5.85.